The Morgan fingerprint density at radius 3 is 2.36 bits per heavy atom. The van der Waals surface area contributed by atoms with Crippen molar-refractivity contribution < 1.29 is 18.0 Å². The molecule has 4 rings (SSSR count). The molecule has 1 aliphatic carbocycles. The van der Waals surface area contributed by atoms with E-state index in [0.717, 1.165) is 0 Å². The highest BCUT2D eigenvalue weighted by Crippen LogP contribution is 2.44. The highest BCUT2D eigenvalue weighted by Gasteiger charge is 2.36. The van der Waals surface area contributed by atoms with Gasteiger partial charge in [0.05, 0.1) is 16.9 Å². The number of hydrogen-bond acceptors (Lipinski definition) is 4. The summed E-state index contributed by atoms with van der Waals surface area (Å²) in [6, 6.07) is 7.85. The number of carbonyl (C=O) groups is 1. The van der Waals surface area contributed by atoms with Crippen molar-refractivity contribution in [1.29, 1.82) is 0 Å². The number of nitrogens with zero attached hydrogens (tertiary/aromatic N) is 3. The Balaban J connectivity index is 1.73. The zero-order valence-electron chi connectivity index (χ0n) is 18.5. The van der Waals surface area contributed by atoms with E-state index in [0.29, 0.717) is 17.1 Å². The maximum Gasteiger partial charge on any atom is 0.258 e. The van der Waals surface area contributed by atoms with Gasteiger partial charge in [0.15, 0.2) is 0 Å². The quantitative estimate of drug-likeness (QED) is 0.488. The first kappa shape index (κ1) is 22.9. The summed E-state index contributed by atoms with van der Waals surface area (Å²) in [5, 5.41) is 2.85. The molecule has 0 aliphatic heterocycles. The van der Waals surface area contributed by atoms with Gasteiger partial charge >= 0.3 is 0 Å². The molecule has 1 N–H and O–H groups in total. The van der Waals surface area contributed by atoms with Gasteiger partial charge in [-0.25, -0.2) is 23.1 Å². The number of rotatable bonds is 5. The van der Waals surface area contributed by atoms with Crippen LogP contribution in [0.4, 0.5) is 18.9 Å². The molecular weight excluding hydrogens is 429 g/mol. The van der Waals surface area contributed by atoms with Crippen LogP contribution in [-0.4, -0.2) is 26.8 Å². The molecule has 5 nitrogen and oxygen atoms in total. The largest absolute Gasteiger partial charge is 0.320 e. The molecule has 1 aromatic carbocycles. The second-order valence-corrected chi connectivity index (χ2v) is 8.67. The Labute approximate surface area is 190 Å². The van der Waals surface area contributed by atoms with E-state index in [9.17, 15) is 18.0 Å². The van der Waals surface area contributed by atoms with Crippen molar-refractivity contribution in [3.63, 3.8) is 0 Å². The van der Waals surface area contributed by atoms with Gasteiger partial charge in [0.2, 0.25) is 5.92 Å². The lowest BCUT2D eigenvalue weighted by Gasteiger charge is -2.30. The predicted octanol–water partition coefficient (Wildman–Crippen LogP) is 6.35. The Morgan fingerprint density at radius 1 is 1.06 bits per heavy atom. The summed E-state index contributed by atoms with van der Waals surface area (Å²) in [6.45, 7) is 3.90. The second-order valence-electron chi connectivity index (χ2n) is 8.67. The van der Waals surface area contributed by atoms with Crippen LogP contribution >= 0.6 is 0 Å². The molecule has 0 radical (unpaired) electrons. The highest BCUT2D eigenvalue weighted by molar-refractivity contribution is 6.06. The molecule has 0 spiro atoms. The van der Waals surface area contributed by atoms with E-state index in [1.54, 1.807) is 24.3 Å². The van der Waals surface area contributed by atoms with Crippen molar-refractivity contribution in [3.05, 3.63) is 71.7 Å². The maximum absolute atomic E-state index is 14.6. The van der Waals surface area contributed by atoms with E-state index < -0.39 is 17.6 Å². The molecule has 2 heterocycles. The zero-order chi connectivity index (χ0) is 23.6. The topological polar surface area (TPSA) is 67.8 Å². The number of hydrogen-bond donors (Lipinski definition) is 1. The number of carbonyl (C=O) groups excluding carboxylic acids is 1. The van der Waals surface area contributed by atoms with E-state index in [4.69, 9.17) is 0 Å². The summed E-state index contributed by atoms with van der Waals surface area (Å²) in [4.78, 5) is 25.9. The second kappa shape index (κ2) is 9.29. The van der Waals surface area contributed by atoms with Gasteiger partial charge in [-0.15, -0.1) is 0 Å². The molecule has 172 valence electrons. The van der Waals surface area contributed by atoms with Gasteiger partial charge in [0, 0.05) is 42.9 Å². The Morgan fingerprint density at radius 2 is 1.73 bits per heavy atom. The molecule has 1 fully saturated rings. The predicted molar refractivity (Wildman–Crippen MR) is 120 cm³/mol. The standard InChI is InChI=1S/C25H25F3N4O/c1-15(2)23-30-13-17(14-31-23)24(33)32-22-18(16-7-10-25(27,28)11-8-16)9-12-29-21(22)19-5-3-4-6-20(19)26/h3-6,9,12-16H,7-8,10-11H2,1-2H3,(H,32,33). The van der Waals surface area contributed by atoms with Crippen LogP contribution in [0.5, 0.6) is 0 Å². The van der Waals surface area contributed by atoms with Crippen molar-refractivity contribution in [2.45, 2.75) is 57.3 Å². The third kappa shape index (κ3) is 5.05. The van der Waals surface area contributed by atoms with Crippen LogP contribution in [0.2, 0.25) is 0 Å². The van der Waals surface area contributed by atoms with Gasteiger partial charge in [-0.1, -0.05) is 26.0 Å². The van der Waals surface area contributed by atoms with Crippen LogP contribution in [0, 0.1) is 5.82 Å². The Bertz CT molecular complexity index is 1140. The molecule has 8 heteroatoms. The number of alkyl halides is 2. The van der Waals surface area contributed by atoms with E-state index in [-0.39, 0.29) is 54.3 Å². The Kier molecular flexibility index (Phi) is 6.44. The molecule has 1 amide bonds. The minimum atomic E-state index is -2.68. The fourth-order valence-corrected chi connectivity index (χ4v) is 4.10. The molecule has 0 saturated heterocycles. The molecule has 0 unspecified atom stereocenters. The average molecular weight is 454 g/mol. The van der Waals surface area contributed by atoms with Crippen molar-refractivity contribution in [3.8, 4) is 11.3 Å². The first-order chi connectivity index (χ1) is 15.7. The molecule has 2 aromatic heterocycles. The molecular formula is C25H25F3N4O. The number of benzene rings is 1. The van der Waals surface area contributed by atoms with E-state index in [1.807, 2.05) is 13.8 Å². The lowest BCUT2D eigenvalue weighted by atomic mass is 9.81. The normalized spacial score (nSPS) is 16.1. The lowest BCUT2D eigenvalue weighted by Crippen LogP contribution is -2.25. The minimum Gasteiger partial charge on any atom is -0.320 e. The van der Waals surface area contributed by atoms with E-state index in [2.05, 4.69) is 20.3 Å². The van der Waals surface area contributed by atoms with Crippen molar-refractivity contribution >= 4 is 11.6 Å². The fraction of sp³-hybridized carbons (Fsp3) is 0.360. The summed E-state index contributed by atoms with van der Waals surface area (Å²) in [7, 11) is 0. The summed E-state index contributed by atoms with van der Waals surface area (Å²) in [5.74, 6) is -3.12. The molecule has 33 heavy (non-hydrogen) atoms. The van der Waals surface area contributed by atoms with Gasteiger partial charge < -0.3 is 5.32 Å². The molecule has 0 bridgehead atoms. The number of nitrogens with one attached hydrogen (secondary N) is 1. The Hall–Kier alpha value is -3.29. The number of halogens is 3. The maximum atomic E-state index is 14.6. The third-order valence-electron chi connectivity index (χ3n) is 5.96. The van der Waals surface area contributed by atoms with Gasteiger partial charge in [-0.05, 0) is 42.5 Å². The van der Waals surface area contributed by atoms with Crippen molar-refractivity contribution in [2.24, 2.45) is 0 Å². The summed E-state index contributed by atoms with van der Waals surface area (Å²) >= 11 is 0. The smallest absolute Gasteiger partial charge is 0.258 e. The van der Waals surface area contributed by atoms with E-state index in [1.165, 1.54) is 24.7 Å². The van der Waals surface area contributed by atoms with Crippen LogP contribution in [0.3, 0.4) is 0 Å². The lowest BCUT2D eigenvalue weighted by molar-refractivity contribution is -0.0381. The van der Waals surface area contributed by atoms with Crippen LogP contribution < -0.4 is 5.32 Å². The molecule has 1 aliphatic rings. The first-order valence-electron chi connectivity index (χ1n) is 11.0. The number of anilines is 1. The van der Waals surface area contributed by atoms with Crippen LogP contribution in [0.1, 0.15) is 73.1 Å². The third-order valence-corrected chi connectivity index (χ3v) is 5.96. The highest BCUT2D eigenvalue weighted by atomic mass is 19.3. The molecule has 0 atom stereocenters. The fourth-order valence-electron chi connectivity index (χ4n) is 4.10. The van der Waals surface area contributed by atoms with Crippen molar-refractivity contribution in [1.82, 2.24) is 15.0 Å². The van der Waals surface area contributed by atoms with E-state index >= 15 is 0 Å². The molecule has 3 aromatic rings. The SMILES string of the molecule is CC(C)c1ncc(C(=O)Nc2c(C3CCC(F)(F)CC3)ccnc2-c2ccccc2F)cn1. The van der Waals surface area contributed by atoms with Gasteiger partial charge in [-0.3, -0.25) is 9.78 Å². The van der Waals surface area contributed by atoms with Gasteiger partial charge in [0.25, 0.3) is 5.91 Å². The van der Waals surface area contributed by atoms with Crippen LogP contribution in [-0.2, 0) is 0 Å². The summed E-state index contributed by atoms with van der Waals surface area (Å²) in [6.07, 6.45) is 4.49. The van der Waals surface area contributed by atoms with Gasteiger partial charge in [0.1, 0.15) is 11.6 Å². The van der Waals surface area contributed by atoms with Crippen LogP contribution in [0.25, 0.3) is 11.3 Å². The summed E-state index contributed by atoms with van der Waals surface area (Å²) < 4.78 is 42.2. The van der Waals surface area contributed by atoms with Crippen LogP contribution in [0.15, 0.2) is 48.9 Å². The number of amides is 1. The summed E-state index contributed by atoms with van der Waals surface area (Å²) in [5.41, 5.74) is 1.73. The van der Waals surface area contributed by atoms with Gasteiger partial charge in [-0.2, -0.15) is 0 Å². The molecule has 1 saturated carbocycles. The minimum absolute atomic E-state index is 0.115. The monoisotopic (exact) mass is 454 g/mol. The number of pyridine rings is 1. The zero-order valence-corrected chi connectivity index (χ0v) is 18.5. The number of aromatic nitrogens is 3. The first-order valence-corrected chi connectivity index (χ1v) is 11.0. The average Bonchev–Trinajstić information content (AvgIpc) is 2.80. The van der Waals surface area contributed by atoms with Crippen molar-refractivity contribution in [2.75, 3.05) is 5.32 Å².